The Kier molecular flexibility index (Phi) is 9.89. The Morgan fingerprint density at radius 1 is 0.767 bits per heavy atom. The molecule has 2 aromatic rings. The molecule has 0 spiro atoms. The van der Waals surface area contributed by atoms with Gasteiger partial charge in [0.15, 0.2) is 0 Å². The van der Waals surface area contributed by atoms with Gasteiger partial charge >= 0.3 is 39.6 Å². The summed E-state index contributed by atoms with van der Waals surface area (Å²) < 4.78 is 0. The molecule has 3 nitrogen and oxygen atoms in total. The number of hydrogen-bond acceptors (Lipinski definition) is 3. The number of rotatable bonds is 4. The molecule has 160 valence electrons. The zero-order valence-electron chi connectivity index (χ0n) is 18.2. The monoisotopic (exact) mass is 571 g/mol. The van der Waals surface area contributed by atoms with Crippen LogP contribution in [0.25, 0.3) is 0 Å². The van der Waals surface area contributed by atoms with Gasteiger partial charge in [-0.3, -0.25) is 15.0 Å². The molecule has 0 fully saturated rings. The molecule has 0 aliphatic carbocycles. The van der Waals surface area contributed by atoms with Crippen LogP contribution in [0.3, 0.4) is 0 Å². The molecular weight excluding hydrogens is 546 g/mol. The van der Waals surface area contributed by atoms with Crippen molar-refractivity contribution in [3.8, 4) is 0 Å². The molecule has 1 heterocycles. The summed E-state index contributed by atoms with van der Waals surface area (Å²) in [5.41, 5.74) is 11.2. The van der Waals surface area contributed by atoms with E-state index in [1.165, 1.54) is 33.4 Å². The van der Waals surface area contributed by atoms with E-state index in [0.717, 1.165) is 40.5 Å². The van der Waals surface area contributed by atoms with Crippen LogP contribution in [-0.2, 0) is 11.3 Å². The van der Waals surface area contributed by atoms with Crippen molar-refractivity contribution >= 4 is 57.7 Å². The first-order chi connectivity index (χ1) is 14.2. The van der Waals surface area contributed by atoms with Crippen molar-refractivity contribution < 1.29 is 11.3 Å². The quantitative estimate of drug-likeness (QED) is 0.262. The summed E-state index contributed by atoms with van der Waals surface area (Å²) in [4.78, 5) is 14.0. The summed E-state index contributed by atoms with van der Waals surface area (Å²) in [6.45, 7) is 12.6. The van der Waals surface area contributed by atoms with Gasteiger partial charge in [-0.25, -0.2) is 0 Å². The van der Waals surface area contributed by atoms with Gasteiger partial charge in [0, 0.05) is 12.6 Å². The van der Waals surface area contributed by atoms with Crippen molar-refractivity contribution in [2.75, 3.05) is 0 Å². The van der Waals surface area contributed by atoms with E-state index in [2.05, 4.69) is 115 Å². The Bertz CT molecular complexity index is 991. The van der Waals surface area contributed by atoms with Gasteiger partial charge in [-0.1, -0.05) is 41.5 Å². The Labute approximate surface area is 200 Å². The summed E-state index contributed by atoms with van der Waals surface area (Å²) in [5, 5.41) is 0. The molecule has 3 rings (SSSR count). The maximum atomic E-state index is 4.69. The third-order valence-electron chi connectivity index (χ3n) is 4.73. The molecule has 30 heavy (non-hydrogen) atoms. The van der Waals surface area contributed by atoms with Crippen molar-refractivity contribution in [1.29, 1.82) is 0 Å². The van der Waals surface area contributed by atoms with Gasteiger partial charge in [-0.2, -0.15) is 0 Å². The van der Waals surface area contributed by atoms with Gasteiger partial charge in [0.2, 0.25) is 0 Å². The van der Waals surface area contributed by atoms with Crippen molar-refractivity contribution in [1.82, 2.24) is 0 Å². The fourth-order valence-electron chi connectivity index (χ4n) is 3.65. The Morgan fingerprint density at radius 3 is 1.60 bits per heavy atom. The van der Waals surface area contributed by atoms with Gasteiger partial charge in [0.25, 0.3) is 0 Å². The second-order valence-corrected chi connectivity index (χ2v) is 13.1. The van der Waals surface area contributed by atoms with Crippen LogP contribution in [0.5, 0.6) is 0 Å². The minimum atomic E-state index is 0.792. The third-order valence-corrected chi connectivity index (χ3v) is 4.73. The van der Waals surface area contributed by atoms with E-state index in [-0.39, 0.29) is 0 Å². The number of aryl methyl sites for hydroxylation is 6. The molecule has 0 amide bonds. The number of halogens is 2. The van der Waals surface area contributed by atoms with E-state index in [4.69, 9.17) is 0 Å². The number of hydrogen-bond donors (Lipinski definition) is 0. The molecule has 1 aliphatic heterocycles. The van der Waals surface area contributed by atoms with Crippen molar-refractivity contribution in [3.63, 3.8) is 0 Å². The van der Waals surface area contributed by atoms with Crippen LogP contribution in [0.4, 0.5) is 11.4 Å². The predicted molar refractivity (Wildman–Crippen MR) is 136 cm³/mol. The summed E-state index contributed by atoms with van der Waals surface area (Å²) in [7, 11) is 0. The SMILES string of the molecule is Cc1cc(C)c(N=CC2=CCC(C=Nc3c(C)cc(C)cc3C)=N2)c(C)c1.[Br][Fe][Br]. The molecule has 0 bridgehead atoms. The van der Waals surface area contributed by atoms with Crippen LogP contribution < -0.4 is 0 Å². The van der Waals surface area contributed by atoms with Crippen molar-refractivity contribution in [2.24, 2.45) is 15.0 Å². The standard InChI is InChI=1S/C24H27N3.2BrH.Fe/c1-15-9-17(3)23(18(4)10-15)25-13-21-7-8-22(27-21)14-26-24-19(5)11-16(2)12-20(24)6;;;/h7,9-14H,8H2,1-6H3;2*1H;/q;;;+2/p-2. The second-order valence-electron chi connectivity index (χ2n) is 7.50. The number of nitrogens with zero attached hydrogens (tertiary/aromatic N) is 3. The zero-order valence-corrected chi connectivity index (χ0v) is 22.5. The fourth-order valence-corrected chi connectivity index (χ4v) is 3.65. The van der Waals surface area contributed by atoms with Crippen molar-refractivity contribution in [2.45, 2.75) is 48.0 Å². The van der Waals surface area contributed by atoms with E-state index >= 15 is 0 Å². The Hall–Kier alpha value is -1.33. The molecule has 0 aromatic heterocycles. The van der Waals surface area contributed by atoms with Gasteiger partial charge < -0.3 is 0 Å². The van der Waals surface area contributed by atoms with Gasteiger partial charge in [0.05, 0.1) is 29.0 Å². The van der Waals surface area contributed by atoms with E-state index in [1.807, 2.05) is 12.4 Å². The number of aliphatic imine (C=N–C) groups is 3. The molecule has 2 aromatic carbocycles. The summed E-state index contributed by atoms with van der Waals surface area (Å²) in [5.74, 6) is 0. The molecule has 1 aliphatic rings. The molecule has 6 heteroatoms. The molecule has 0 saturated carbocycles. The minimum absolute atomic E-state index is 0.792. The van der Waals surface area contributed by atoms with Crippen LogP contribution in [0.15, 0.2) is 51.0 Å². The summed E-state index contributed by atoms with van der Waals surface area (Å²) in [6, 6.07) is 8.66. The molecule has 0 unspecified atom stereocenters. The topological polar surface area (TPSA) is 37.1 Å². The average Bonchev–Trinajstić information content (AvgIpc) is 3.08. The van der Waals surface area contributed by atoms with Gasteiger partial charge in [-0.15, -0.1) is 0 Å². The summed E-state index contributed by atoms with van der Waals surface area (Å²) >= 11 is 7.00. The predicted octanol–water partition coefficient (Wildman–Crippen LogP) is 8.06. The third kappa shape index (κ3) is 7.12. The Balaban J connectivity index is 0.00000101. The second kappa shape index (κ2) is 11.9. The Morgan fingerprint density at radius 2 is 1.17 bits per heavy atom. The molecule has 0 radical (unpaired) electrons. The molecule has 0 saturated heterocycles. The van der Waals surface area contributed by atoms with E-state index in [9.17, 15) is 0 Å². The van der Waals surface area contributed by atoms with E-state index < -0.39 is 0 Å². The van der Waals surface area contributed by atoms with Crippen LogP contribution in [0, 0.1) is 41.5 Å². The molecule has 0 atom stereocenters. The van der Waals surface area contributed by atoms with Crippen molar-refractivity contribution in [3.05, 3.63) is 69.4 Å². The first-order valence-corrected chi connectivity index (χ1v) is 15.1. The van der Waals surface area contributed by atoms with Crippen LogP contribution in [0.2, 0.25) is 0 Å². The maximum absolute atomic E-state index is 4.69. The summed E-state index contributed by atoms with van der Waals surface area (Å²) in [6.07, 6.45) is 6.62. The number of allylic oxidation sites excluding steroid dienone is 2. The van der Waals surface area contributed by atoms with Gasteiger partial charge in [0.1, 0.15) is 0 Å². The van der Waals surface area contributed by atoms with E-state index in [1.54, 1.807) is 0 Å². The van der Waals surface area contributed by atoms with Gasteiger partial charge in [-0.05, 0) is 63.8 Å². The zero-order chi connectivity index (χ0) is 22.3. The van der Waals surface area contributed by atoms with Crippen LogP contribution in [-0.4, -0.2) is 18.1 Å². The number of benzene rings is 2. The van der Waals surface area contributed by atoms with Crippen LogP contribution >= 0.6 is 28.2 Å². The fraction of sp³-hybridized carbons (Fsp3) is 0.292. The molecule has 0 N–H and O–H groups in total. The first kappa shape index (κ1) is 24.9. The normalized spacial score (nSPS) is 13.6. The molecular formula is C24H27Br2FeN3. The first-order valence-electron chi connectivity index (χ1n) is 9.62. The van der Waals surface area contributed by atoms with Crippen LogP contribution in [0.1, 0.15) is 39.8 Å². The van der Waals surface area contributed by atoms with E-state index in [0.29, 0.717) is 0 Å². The average molecular weight is 573 g/mol.